The Morgan fingerprint density at radius 2 is 1.79 bits per heavy atom. The zero-order valence-corrected chi connectivity index (χ0v) is 20.4. The van der Waals surface area contributed by atoms with Gasteiger partial charge in [0.1, 0.15) is 5.75 Å². The molecule has 0 radical (unpaired) electrons. The molecule has 7 heteroatoms. The standard InChI is InChI=1S/C26H34N4O3/c1-17-22(18(2)27-25-24(17)26(33-5)28-29(25)3)10-11-23(31)30-14-12-20(13-15-30)16-19-6-8-21(32-4)9-7-19/h6-9,20H,10-16H2,1-5H3. The second-order valence-electron chi connectivity index (χ2n) is 9.01. The number of carbonyl (C=O) groups excluding carboxylic acids is 1. The summed E-state index contributed by atoms with van der Waals surface area (Å²) in [6.45, 7) is 5.76. The third-order valence-corrected chi connectivity index (χ3v) is 6.96. The van der Waals surface area contributed by atoms with Gasteiger partial charge in [0.25, 0.3) is 0 Å². The minimum Gasteiger partial charge on any atom is -0.497 e. The molecule has 2 aromatic heterocycles. The van der Waals surface area contributed by atoms with E-state index in [2.05, 4.69) is 24.2 Å². The van der Waals surface area contributed by atoms with Gasteiger partial charge in [-0.1, -0.05) is 12.1 Å². The molecule has 33 heavy (non-hydrogen) atoms. The molecule has 0 atom stereocenters. The fourth-order valence-electron chi connectivity index (χ4n) is 4.98. The first-order valence-corrected chi connectivity index (χ1v) is 11.7. The largest absolute Gasteiger partial charge is 0.497 e. The van der Waals surface area contributed by atoms with Gasteiger partial charge in [-0.25, -0.2) is 9.67 Å². The molecule has 0 bridgehead atoms. The number of piperidine rings is 1. The van der Waals surface area contributed by atoms with Gasteiger partial charge in [-0.2, -0.15) is 0 Å². The summed E-state index contributed by atoms with van der Waals surface area (Å²) >= 11 is 0. The number of likely N-dealkylation sites (tertiary alicyclic amines) is 1. The number of hydrogen-bond acceptors (Lipinski definition) is 5. The molecule has 3 heterocycles. The molecule has 0 unspecified atom stereocenters. The van der Waals surface area contributed by atoms with Crippen molar-refractivity contribution in [2.45, 2.75) is 46.0 Å². The lowest BCUT2D eigenvalue weighted by Gasteiger charge is -2.32. The van der Waals surface area contributed by atoms with Gasteiger partial charge in [0.05, 0.1) is 19.6 Å². The molecule has 1 aromatic carbocycles. The first kappa shape index (κ1) is 23.1. The van der Waals surface area contributed by atoms with Crippen LogP contribution in [0.15, 0.2) is 24.3 Å². The van der Waals surface area contributed by atoms with Crippen molar-refractivity contribution in [1.29, 1.82) is 0 Å². The Hall–Kier alpha value is -3.09. The molecular formula is C26H34N4O3. The van der Waals surface area contributed by atoms with Crippen LogP contribution in [0.25, 0.3) is 11.0 Å². The minimum atomic E-state index is 0.231. The number of aryl methyl sites for hydroxylation is 3. The normalized spacial score (nSPS) is 14.6. The van der Waals surface area contributed by atoms with E-state index < -0.39 is 0 Å². The van der Waals surface area contributed by atoms with Crippen molar-refractivity contribution in [2.24, 2.45) is 13.0 Å². The summed E-state index contributed by atoms with van der Waals surface area (Å²) in [7, 11) is 5.19. The number of amides is 1. The van der Waals surface area contributed by atoms with Crippen molar-refractivity contribution >= 4 is 16.9 Å². The first-order chi connectivity index (χ1) is 15.9. The van der Waals surface area contributed by atoms with Gasteiger partial charge in [0.2, 0.25) is 11.8 Å². The third kappa shape index (κ3) is 4.82. The van der Waals surface area contributed by atoms with Crippen LogP contribution < -0.4 is 9.47 Å². The van der Waals surface area contributed by atoms with Crippen molar-refractivity contribution < 1.29 is 14.3 Å². The van der Waals surface area contributed by atoms with Crippen molar-refractivity contribution in [1.82, 2.24) is 19.7 Å². The number of carbonyl (C=O) groups is 1. The van der Waals surface area contributed by atoms with E-state index in [1.165, 1.54) is 5.56 Å². The van der Waals surface area contributed by atoms with E-state index in [1.54, 1.807) is 18.9 Å². The highest BCUT2D eigenvalue weighted by Gasteiger charge is 2.24. The van der Waals surface area contributed by atoms with Crippen LogP contribution in [-0.4, -0.2) is 52.9 Å². The molecule has 0 spiro atoms. The van der Waals surface area contributed by atoms with Crippen molar-refractivity contribution in [2.75, 3.05) is 27.3 Å². The molecule has 1 saturated heterocycles. The van der Waals surface area contributed by atoms with Gasteiger partial charge in [-0.15, -0.1) is 5.10 Å². The van der Waals surface area contributed by atoms with E-state index in [9.17, 15) is 4.79 Å². The highest BCUT2D eigenvalue weighted by atomic mass is 16.5. The number of pyridine rings is 1. The van der Waals surface area contributed by atoms with Crippen LogP contribution in [-0.2, 0) is 24.7 Å². The SMILES string of the molecule is COc1ccc(CC2CCN(C(=O)CCc3c(C)nc4c(c(OC)nn4C)c3C)CC2)cc1. The predicted molar refractivity (Wildman–Crippen MR) is 129 cm³/mol. The maximum absolute atomic E-state index is 13.0. The summed E-state index contributed by atoms with van der Waals surface area (Å²) in [6.07, 6.45) is 4.35. The fraction of sp³-hybridized carbons (Fsp3) is 0.500. The highest BCUT2D eigenvalue weighted by Crippen LogP contribution is 2.31. The number of hydrogen-bond donors (Lipinski definition) is 0. The van der Waals surface area contributed by atoms with Crippen LogP contribution in [0.2, 0.25) is 0 Å². The van der Waals surface area contributed by atoms with E-state index >= 15 is 0 Å². The predicted octanol–water partition coefficient (Wildman–Crippen LogP) is 4.02. The first-order valence-electron chi connectivity index (χ1n) is 11.7. The molecule has 7 nitrogen and oxygen atoms in total. The number of benzene rings is 1. The van der Waals surface area contributed by atoms with E-state index in [0.29, 0.717) is 24.6 Å². The Balaban J connectivity index is 1.34. The summed E-state index contributed by atoms with van der Waals surface area (Å²) in [6, 6.07) is 8.32. The number of aromatic nitrogens is 3. The van der Waals surface area contributed by atoms with Crippen LogP contribution in [0.1, 0.15) is 41.6 Å². The molecule has 3 aromatic rings. The van der Waals surface area contributed by atoms with Crippen LogP contribution in [0.3, 0.4) is 0 Å². The molecule has 1 fully saturated rings. The Labute approximate surface area is 195 Å². The number of ether oxygens (including phenoxy) is 2. The Kier molecular flexibility index (Phi) is 6.86. The van der Waals surface area contributed by atoms with E-state index in [1.807, 2.05) is 31.0 Å². The number of rotatable bonds is 7. The van der Waals surface area contributed by atoms with Crippen LogP contribution in [0.4, 0.5) is 0 Å². The lowest BCUT2D eigenvalue weighted by molar-refractivity contribution is -0.132. The maximum Gasteiger partial charge on any atom is 0.242 e. The summed E-state index contributed by atoms with van der Waals surface area (Å²) in [4.78, 5) is 19.7. The van der Waals surface area contributed by atoms with Gasteiger partial charge in [-0.3, -0.25) is 4.79 Å². The van der Waals surface area contributed by atoms with E-state index in [0.717, 1.165) is 66.0 Å². The fourth-order valence-corrected chi connectivity index (χ4v) is 4.98. The maximum atomic E-state index is 13.0. The molecule has 4 rings (SSSR count). The van der Waals surface area contributed by atoms with Crippen LogP contribution in [0, 0.1) is 19.8 Å². The highest BCUT2D eigenvalue weighted by molar-refractivity contribution is 5.86. The van der Waals surface area contributed by atoms with Crippen molar-refractivity contribution in [3.63, 3.8) is 0 Å². The lowest BCUT2D eigenvalue weighted by atomic mass is 9.90. The molecule has 0 N–H and O–H groups in total. The summed E-state index contributed by atoms with van der Waals surface area (Å²) in [5, 5.41) is 5.35. The summed E-state index contributed by atoms with van der Waals surface area (Å²) in [5.41, 5.74) is 5.33. The molecular weight excluding hydrogens is 416 g/mol. The zero-order chi connectivity index (χ0) is 23.5. The average molecular weight is 451 g/mol. The topological polar surface area (TPSA) is 69.5 Å². The Morgan fingerprint density at radius 3 is 2.42 bits per heavy atom. The third-order valence-electron chi connectivity index (χ3n) is 6.96. The van der Waals surface area contributed by atoms with E-state index in [4.69, 9.17) is 14.5 Å². The quantitative estimate of drug-likeness (QED) is 0.544. The number of methoxy groups -OCH3 is 2. The second kappa shape index (κ2) is 9.81. The monoisotopic (exact) mass is 450 g/mol. The van der Waals surface area contributed by atoms with E-state index in [-0.39, 0.29) is 5.91 Å². The molecule has 0 aliphatic carbocycles. The molecule has 1 amide bonds. The minimum absolute atomic E-state index is 0.231. The van der Waals surface area contributed by atoms with Crippen molar-refractivity contribution in [3.05, 3.63) is 46.6 Å². The molecule has 1 aliphatic heterocycles. The lowest BCUT2D eigenvalue weighted by Crippen LogP contribution is -2.39. The smallest absolute Gasteiger partial charge is 0.242 e. The second-order valence-corrected chi connectivity index (χ2v) is 9.01. The Bertz CT molecular complexity index is 1130. The Morgan fingerprint density at radius 1 is 1.09 bits per heavy atom. The van der Waals surface area contributed by atoms with Crippen molar-refractivity contribution in [3.8, 4) is 11.6 Å². The van der Waals surface area contributed by atoms with Gasteiger partial charge < -0.3 is 14.4 Å². The van der Waals surface area contributed by atoms with Gasteiger partial charge in [0, 0.05) is 32.3 Å². The number of nitrogens with zero attached hydrogens (tertiary/aromatic N) is 4. The zero-order valence-electron chi connectivity index (χ0n) is 20.4. The average Bonchev–Trinajstić information content (AvgIpc) is 3.15. The van der Waals surface area contributed by atoms with Gasteiger partial charge >= 0.3 is 0 Å². The molecule has 1 aliphatic rings. The summed E-state index contributed by atoms with van der Waals surface area (Å²) in [5.74, 6) is 2.33. The summed E-state index contributed by atoms with van der Waals surface area (Å²) < 4.78 is 12.4. The van der Waals surface area contributed by atoms with Gasteiger partial charge in [0.15, 0.2) is 5.65 Å². The van der Waals surface area contributed by atoms with Gasteiger partial charge in [-0.05, 0) is 74.3 Å². The number of fused-ring (bicyclic) bond motifs is 1. The molecule has 0 saturated carbocycles. The van der Waals surface area contributed by atoms with Crippen LogP contribution in [0.5, 0.6) is 11.6 Å². The van der Waals surface area contributed by atoms with Crippen LogP contribution >= 0.6 is 0 Å². The molecule has 176 valence electrons.